The fraction of sp³-hybridized carbons (Fsp3) is 0.526. The first-order valence-electron chi connectivity index (χ1n) is 8.65. The Hall–Kier alpha value is -2.39. The molecule has 0 fully saturated rings. The van der Waals surface area contributed by atoms with Gasteiger partial charge in [-0.1, -0.05) is 19.7 Å². The summed E-state index contributed by atoms with van der Waals surface area (Å²) in [7, 11) is 5.74. The number of hydrogen-bond acceptors (Lipinski definition) is 8. The Morgan fingerprint density at radius 2 is 1.32 bits per heavy atom. The molecular weight excluding hydrogens is 367 g/mol. The van der Waals surface area contributed by atoms with Gasteiger partial charge in [0.1, 0.15) is 27.7 Å². The van der Waals surface area contributed by atoms with Gasteiger partial charge in [-0.3, -0.25) is 0 Å². The van der Waals surface area contributed by atoms with Crippen LogP contribution >= 0.6 is 0 Å². The summed E-state index contributed by atoms with van der Waals surface area (Å²) in [5.74, 6) is -2.06. The van der Waals surface area contributed by atoms with Gasteiger partial charge in [-0.15, -0.1) is 0 Å². The van der Waals surface area contributed by atoms with E-state index in [0.29, 0.717) is 13.0 Å². The molecule has 8 nitrogen and oxygen atoms in total. The quantitative estimate of drug-likeness (QED) is 0.126. The maximum absolute atomic E-state index is 11.5. The highest BCUT2D eigenvalue weighted by Crippen LogP contribution is 2.21. The van der Waals surface area contributed by atoms with Gasteiger partial charge in [-0.05, 0) is 13.3 Å². The molecule has 0 aliphatic rings. The van der Waals surface area contributed by atoms with Crippen molar-refractivity contribution < 1.29 is 38.1 Å². The zero-order chi connectivity index (χ0) is 21.4. The molecule has 9 heteroatoms. The van der Waals surface area contributed by atoms with Crippen molar-refractivity contribution in [2.24, 2.45) is 5.41 Å². The van der Waals surface area contributed by atoms with E-state index in [9.17, 15) is 14.4 Å². The van der Waals surface area contributed by atoms with E-state index in [0.717, 1.165) is 18.2 Å². The predicted octanol–water partition coefficient (Wildman–Crippen LogP) is 1.10. The molecular formula is C19H27BO8. The van der Waals surface area contributed by atoms with Crippen molar-refractivity contribution in [2.45, 2.75) is 19.3 Å². The first-order valence-corrected chi connectivity index (χ1v) is 8.65. The lowest BCUT2D eigenvalue weighted by Gasteiger charge is -2.31. The summed E-state index contributed by atoms with van der Waals surface area (Å²) in [5, 5.41) is 0. The van der Waals surface area contributed by atoms with Crippen molar-refractivity contribution in [3.05, 3.63) is 38.0 Å². The molecule has 0 amide bonds. The van der Waals surface area contributed by atoms with Gasteiger partial charge in [0.2, 0.25) is 0 Å². The molecule has 28 heavy (non-hydrogen) atoms. The van der Waals surface area contributed by atoms with Crippen LogP contribution in [0.3, 0.4) is 0 Å². The monoisotopic (exact) mass is 394 g/mol. The average molecular weight is 394 g/mol. The Morgan fingerprint density at radius 3 is 1.68 bits per heavy atom. The van der Waals surface area contributed by atoms with Crippen LogP contribution in [0.15, 0.2) is 38.0 Å². The lowest BCUT2D eigenvalue weighted by atomic mass is 9.92. The molecule has 0 rings (SSSR count). The Bertz CT molecular complexity index is 486. The molecule has 1 atom stereocenters. The van der Waals surface area contributed by atoms with Crippen molar-refractivity contribution in [3.63, 3.8) is 0 Å². The normalized spacial score (nSPS) is 11.8. The fourth-order valence-electron chi connectivity index (χ4n) is 1.89. The molecule has 0 aromatic carbocycles. The van der Waals surface area contributed by atoms with Crippen molar-refractivity contribution in [3.8, 4) is 0 Å². The summed E-state index contributed by atoms with van der Waals surface area (Å²) in [4.78, 5) is 34.4. The Balaban J connectivity index is 5.15. The number of carbonyl (C=O) groups is 3. The summed E-state index contributed by atoms with van der Waals surface area (Å²) >= 11 is 0. The van der Waals surface area contributed by atoms with Crippen molar-refractivity contribution in [1.29, 1.82) is 0 Å². The van der Waals surface area contributed by atoms with E-state index in [4.69, 9.17) is 31.5 Å². The molecule has 0 bridgehead atoms. The molecule has 0 heterocycles. The van der Waals surface area contributed by atoms with Crippen molar-refractivity contribution >= 4 is 25.8 Å². The van der Waals surface area contributed by atoms with Gasteiger partial charge >= 0.3 is 17.9 Å². The Morgan fingerprint density at radius 1 is 0.893 bits per heavy atom. The first-order chi connectivity index (χ1) is 13.3. The fourth-order valence-corrected chi connectivity index (χ4v) is 1.89. The molecule has 0 N–H and O–H groups in total. The second-order valence-electron chi connectivity index (χ2n) is 5.77. The zero-order valence-electron chi connectivity index (χ0n) is 16.2. The number of carbonyl (C=O) groups excluding carboxylic acids is 3. The maximum atomic E-state index is 11.5. The SMILES string of the molecule is [B]C(CCOCC(COC(=O)C=C)(COC(=O)C=C)COC(=O)C=C)OCC. The van der Waals surface area contributed by atoms with Crippen LogP contribution in [0.4, 0.5) is 0 Å². The second kappa shape index (κ2) is 14.6. The number of ether oxygens (including phenoxy) is 5. The van der Waals surface area contributed by atoms with Gasteiger partial charge < -0.3 is 23.7 Å². The number of hydrogen-bond donors (Lipinski definition) is 0. The minimum Gasteiger partial charge on any atom is -0.462 e. The zero-order valence-corrected chi connectivity index (χ0v) is 16.2. The lowest BCUT2D eigenvalue weighted by Crippen LogP contribution is -2.43. The lowest BCUT2D eigenvalue weighted by molar-refractivity contribution is -0.161. The van der Waals surface area contributed by atoms with Crippen molar-refractivity contribution in [1.82, 2.24) is 0 Å². The molecule has 0 aliphatic heterocycles. The highest BCUT2D eigenvalue weighted by Gasteiger charge is 2.36. The molecule has 0 spiro atoms. The third-order valence-electron chi connectivity index (χ3n) is 3.40. The second-order valence-corrected chi connectivity index (χ2v) is 5.77. The highest BCUT2D eigenvalue weighted by atomic mass is 16.6. The maximum Gasteiger partial charge on any atom is 0.330 e. The van der Waals surface area contributed by atoms with Crippen molar-refractivity contribution in [2.75, 3.05) is 39.6 Å². The van der Waals surface area contributed by atoms with E-state index in [-0.39, 0.29) is 33.0 Å². The molecule has 0 saturated carbocycles. The third kappa shape index (κ3) is 11.4. The van der Waals surface area contributed by atoms with E-state index in [1.807, 2.05) is 6.92 Å². The largest absolute Gasteiger partial charge is 0.462 e. The number of rotatable bonds is 16. The van der Waals surface area contributed by atoms with Crippen LogP contribution in [0.1, 0.15) is 13.3 Å². The molecule has 0 saturated heterocycles. The van der Waals surface area contributed by atoms with Gasteiger partial charge in [-0.2, -0.15) is 0 Å². The van der Waals surface area contributed by atoms with Crippen LogP contribution in [-0.2, 0) is 38.1 Å². The van der Waals surface area contributed by atoms with Crippen LogP contribution in [0, 0.1) is 5.41 Å². The van der Waals surface area contributed by atoms with E-state index < -0.39 is 29.3 Å². The molecule has 0 aliphatic carbocycles. The van der Waals surface area contributed by atoms with Gasteiger partial charge in [0, 0.05) is 37.4 Å². The topological polar surface area (TPSA) is 97.4 Å². The smallest absolute Gasteiger partial charge is 0.330 e. The molecule has 2 radical (unpaired) electrons. The summed E-state index contributed by atoms with van der Waals surface area (Å²) in [6, 6.07) is -0.491. The molecule has 0 aromatic rings. The summed E-state index contributed by atoms with van der Waals surface area (Å²) in [6.45, 7) is 11.7. The van der Waals surface area contributed by atoms with Crippen LogP contribution in [0.5, 0.6) is 0 Å². The van der Waals surface area contributed by atoms with Gasteiger partial charge in [0.25, 0.3) is 0 Å². The molecule has 0 aromatic heterocycles. The molecule has 1 unspecified atom stereocenters. The highest BCUT2D eigenvalue weighted by molar-refractivity contribution is 6.10. The summed E-state index contributed by atoms with van der Waals surface area (Å²) in [5.41, 5.74) is -1.15. The minimum atomic E-state index is -1.15. The van der Waals surface area contributed by atoms with Crippen LogP contribution < -0.4 is 0 Å². The van der Waals surface area contributed by atoms with E-state index in [1.54, 1.807) is 0 Å². The van der Waals surface area contributed by atoms with Gasteiger partial charge in [0.05, 0.1) is 12.0 Å². The van der Waals surface area contributed by atoms with E-state index in [1.165, 1.54) is 0 Å². The van der Waals surface area contributed by atoms with Crippen LogP contribution in [-0.4, -0.2) is 71.4 Å². The average Bonchev–Trinajstić information content (AvgIpc) is 2.70. The third-order valence-corrected chi connectivity index (χ3v) is 3.40. The Labute approximate surface area is 166 Å². The van der Waals surface area contributed by atoms with Gasteiger partial charge in [0.15, 0.2) is 0 Å². The van der Waals surface area contributed by atoms with E-state index in [2.05, 4.69) is 19.7 Å². The Kier molecular flexibility index (Phi) is 13.4. The summed E-state index contributed by atoms with van der Waals surface area (Å²) < 4.78 is 26.1. The minimum absolute atomic E-state index is 0.0505. The first kappa shape index (κ1) is 25.6. The van der Waals surface area contributed by atoms with E-state index >= 15 is 0 Å². The van der Waals surface area contributed by atoms with Gasteiger partial charge in [-0.25, -0.2) is 14.4 Å². The van der Waals surface area contributed by atoms with Crippen LogP contribution in [0.25, 0.3) is 0 Å². The van der Waals surface area contributed by atoms with Crippen LogP contribution in [0.2, 0.25) is 0 Å². The predicted molar refractivity (Wildman–Crippen MR) is 103 cm³/mol. The number of esters is 3. The molecule has 154 valence electrons. The standard InChI is InChI=1S/C19H27BO8/c1-5-16(21)26-12-19(13-27-17(22)6-2,14-28-18(23)7-3)11-24-10-9-15(20)25-8-4/h5-7,15H,1-3,8-14H2,4H3. The summed E-state index contributed by atoms with van der Waals surface area (Å²) in [6.07, 6.45) is 3.37.